The van der Waals surface area contributed by atoms with Gasteiger partial charge in [0.05, 0.1) is 6.61 Å². The van der Waals surface area contributed by atoms with E-state index in [1.54, 1.807) is 7.05 Å². The van der Waals surface area contributed by atoms with Gasteiger partial charge in [-0.1, -0.05) is 0 Å². The molecule has 112 valence electrons. The van der Waals surface area contributed by atoms with Crippen molar-refractivity contribution in [1.82, 2.24) is 5.32 Å². The van der Waals surface area contributed by atoms with Crippen LogP contribution in [0.3, 0.4) is 0 Å². The molecule has 2 unspecified atom stereocenters. The number of likely N-dealkylation sites (N-methyl/N-ethyl adjacent to an activating group) is 1. The molecule has 1 saturated heterocycles. The van der Waals surface area contributed by atoms with Crippen molar-refractivity contribution in [2.75, 3.05) is 26.9 Å². The molecule has 1 aromatic rings. The van der Waals surface area contributed by atoms with Gasteiger partial charge in [-0.25, -0.2) is 8.78 Å². The molecule has 2 atom stereocenters. The molecule has 1 heterocycles. The van der Waals surface area contributed by atoms with Gasteiger partial charge in [-0.05, 0) is 13.5 Å². The van der Waals surface area contributed by atoms with Gasteiger partial charge in [0.15, 0.2) is 17.4 Å². The normalized spacial score (nSPS) is 20.1. The molecular formula is C13H15F4NO2. The van der Waals surface area contributed by atoms with E-state index in [1.807, 2.05) is 0 Å². The highest BCUT2D eigenvalue weighted by molar-refractivity contribution is 5.28. The van der Waals surface area contributed by atoms with Crippen molar-refractivity contribution in [3.63, 3.8) is 0 Å². The zero-order valence-electron chi connectivity index (χ0n) is 10.9. The van der Waals surface area contributed by atoms with E-state index >= 15 is 0 Å². The fourth-order valence-electron chi connectivity index (χ4n) is 2.18. The maximum Gasteiger partial charge on any atom is 0.203 e. The fraction of sp³-hybridized carbons (Fsp3) is 0.538. The van der Waals surface area contributed by atoms with E-state index in [1.165, 1.54) is 0 Å². The maximum atomic E-state index is 13.4. The summed E-state index contributed by atoms with van der Waals surface area (Å²) < 4.78 is 63.1. The molecule has 0 aliphatic carbocycles. The first-order valence-corrected chi connectivity index (χ1v) is 6.25. The third-order valence-electron chi connectivity index (χ3n) is 3.38. The first-order valence-electron chi connectivity index (χ1n) is 6.25. The van der Waals surface area contributed by atoms with Crippen LogP contribution in [0.1, 0.15) is 6.42 Å². The third-order valence-corrected chi connectivity index (χ3v) is 3.38. The molecule has 3 nitrogen and oxygen atoms in total. The van der Waals surface area contributed by atoms with Crippen LogP contribution in [-0.4, -0.2) is 32.9 Å². The third kappa shape index (κ3) is 3.04. The Hall–Kier alpha value is -1.34. The minimum atomic E-state index is -1.53. The molecule has 1 aliphatic rings. The Morgan fingerprint density at radius 3 is 2.45 bits per heavy atom. The Labute approximate surface area is 113 Å². The minimum absolute atomic E-state index is 0.110. The van der Waals surface area contributed by atoms with Crippen molar-refractivity contribution < 1.29 is 27.0 Å². The lowest BCUT2D eigenvalue weighted by molar-refractivity contribution is 0.159. The molecule has 2 rings (SSSR count). The molecule has 1 fully saturated rings. The maximum absolute atomic E-state index is 13.4. The van der Waals surface area contributed by atoms with Gasteiger partial charge in [0.25, 0.3) is 0 Å². The first-order chi connectivity index (χ1) is 9.54. The van der Waals surface area contributed by atoms with E-state index in [9.17, 15) is 17.6 Å². The molecule has 1 aromatic carbocycles. The Bertz CT molecular complexity index is 452. The van der Waals surface area contributed by atoms with Gasteiger partial charge in [-0.2, -0.15) is 8.78 Å². The molecule has 0 aromatic heterocycles. The van der Waals surface area contributed by atoms with Crippen LogP contribution in [0.2, 0.25) is 0 Å². The Balaban J connectivity index is 2.09. The Kier molecular flexibility index (Phi) is 4.82. The van der Waals surface area contributed by atoms with Crippen molar-refractivity contribution in [2.45, 2.75) is 12.5 Å². The predicted octanol–water partition coefficient (Wildman–Crippen LogP) is 2.25. The van der Waals surface area contributed by atoms with E-state index < -0.39 is 29.0 Å². The van der Waals surface area contributed by atoms with Crippen LogP contribution in [-0.2, 0) is 4.74 Å². The standard InChI is InChI=1S/C13H15F4NO2/c1-18-10(7-2-3-19-5-7)6-20-13-11(16)8(14)4-9(15)12(13)17/h4,7,10,18H,2-3,5-6H2,1H3. The van der Waals surface area contributed by atoms with Crippen LogP contribution in [0, 0.1) is 29.2 Å². The SMILES string of the molecule is CNC(COc1c(F)c(F)cc(F)c1F)C1CCOC1. The van der Waals surface area contributed by atoms with Crippen LogP contribution in [0.15, 0.2) is 6.07 Å². The second kappa shape index (κ2) is 6.41. The van der Waals surface area contributed by atoms with Gasteiger partial charge in [0, 0.05) is 24.6 Å². The number of rotatable bonds is 5. The summed E-state index contributed by atoms with van der Waals surface area (Å²) >= 11 is 0. The van der Waals surface area contributed by atoms with E-state index in [0.29, 0.717) is 13.2 Å². The lowest BCUT2D eigenvalue weighted by atomic mass is 10.00. The number of halogens is 4. The fourth-order valence-corrected chi connectivity index (χ4v) is 2.18. The van der Waals surface area contributed by atoms with Crippen LogP contribution in [0.5, 0.6) is 5.75 Å². The summed E-state index contributed by atoms with van der Waals surface area (Å²) in [5.41, 5.74) is 0. The van der Waals surface area contributed by atoms with Crippen molar-refractivity contribution >= 4 is 0 Å². The summed E-state index contributed by atoms with van der Waals surface area (Å²) in [7, 11) is 1.67. The predicted molar refractivity (Wildman–Crippen MR) is 63.5 cm³/mol. The van der Waals surface area contributed by atoms with Crippen molar-refractivity contribution in [1.29, 1.82) is 0 Å². The summed E-state index contributed by atoms with van der Waals surface area (Å²) in [6.07, 6.45) is 0.789. The van der Waals surface area contributed by atoms with E-state index in [0.717, 1.165) is 6.42 Å². The molecular weight excluding hydrogens is 278 g/mol. The van der Waals surface area contributed by atoms with Gasteiger partial charge in [-0.3, -0.25) is 0 Å². The van der Waals surface area contributed by atoms with Gasteiger partial charge in [0.2, 0.25) is 11.6 Å². The highest BCUT2D eigenvalue weighted by atomic mass is 19.2. The zero-order chi connectivity index (χ0) is 14.7. The Morgan fingerprint density at radius 2 is 1.95 bits per heavy atom. The molecule has 0 amide bonds. The second-order valence-electron chi connectivity index (χ2n) is 4.63. The second-order valence-corrected chi connectivity index (χ2v) is 4.63. The zero-order valence-corrected chi connectivity index (χ0v) is 10.9. The summed E-state index contributed by atoms with van der Waals surface area (Å²) in [5, 5.41) is 2.94. The van der Waals surface area contributed by atoms with Crippen molar-refractivity contribution in [3.8, 4) is 5.75 Å². The van der Waals surface area contributed by atoms with Crippen LogP contribution in [0.25, 0.3) is 0 Å². The summed E-state index contributed by atoms with van der Waals surface area (Å²) in [5.74, 6) is -6.91. The average molecular weight is 293 g/mol. The van der Waals surface area contributed by atoms with E-state index in [4.69, 9.17) is 9.47 Å². The smallest absolute Gasteiger partial charge is 0.203 e. The van der Waals surface area contributed by atoms with E-state index in [-0.39, 0.29) is 24.6 Å². The van der Waals surface area contributed by atoms with Gasteiger partial charge in [0.1, 0.15) is 6.61 Å². The Morgan fingerprint density at radius 1 is 1.30 bits per heavy atom. The number of nitrogens with one attached hydrogen (secondary N) is 1. The summed E-state index contributed by atoms with van der Waals surface area (Å²) in [6, 6.07) is -0.0691. The largest absolute Gasteiger partial charge is 0.486 e. The first kappa shape index (κ1) is 15.1. The topological polar surface area (TPSA) is 30.5 Å². The lowest BCUT2D eigenvalue weighted by Crippen LogP contribution is -2.39. The number of hydrogen-bond acceptors (Lipinski definition) is 3. The van der Waals surface area contributed by atoms with Crippen LogP contribution in [0.4, 0.5) is 17.6 Å². The van der Waals surface area contributed by atoms with Crippen molar-refractivity contribution in [3.05, 3.63) is 29.3 Å². The van der Waals surface area contributed by atoms with Gasteiger partial charge >= 0.3 is 0 Å². The molecule has 20 heavy (non-hydrogen) atoms. The van der Waals surface area contributed by atoms with Crippen LogP contribution < -0.4 is 10.1 Å². The molecule has 1 N–H and O–H groups in total. The molecule has 0 spiro atoms. The quantitative estimate of drug-likeness (QED) is 0.667. The molecule has 7 heteroatoms. The van der Waals surface area contributed by atoms with Gasteiger partial charge in [-0.15, -0.1) is 0 Å². The lowest BCUT2D eigenvalue weighted by Gasteiger charge is -2.22. The molecule has 0 saturated carbocycles. The van der Waals surface area contributed by atoms with Crippen LogP contribution >= 0.6 is 0 Å². The average Bonchev–Trinajstić information content (AvgIpc) is 2.94. The van der Waals surface area contributed by atoms with E-state index in [2.05, 4.69) is 5.32 Å². The number of hydrogen-bond donors (Lipinski definition) is 1. The summed E-state index contributed by atoms with van der Waals surface area (Å²) in [4.78, 5) is 0. The monoisotopic (exact) mass is 293 g/mol. The molecule has 0 bridgehead atoms. The van der Waals surface area contributed by atoms with Gasteiger partial charge < -0.3 is 14.8 Å². The molecule has 0 radical (unpaired) electrons. The highest BCUT2D eigenvalue weighted by Crippen LogP contribution is 2.27. The summed E-state index contributed by atoms with van der Waals surface area (Å²) in [6.45, 7) is 1.01. The number of benzene rings is 1. The number of ether oxygens (including phenoxy) is 2. The minimum Gasteiger partial charge on any atom is -0.486 e. The molecule has 1 aliphatic heterocycles. The highest BCUT2D eigenvalue weighted by Gasteiger charge is 2.27. The van der Waals surface area contributed by atoms with Crippen molar-refractivity contribution in [2.24, 2.45) is 5.92 Å².